The van der Waals surface area contributed by atoms with Gasteiger partial charge < -0.3 is 10.2 Å². The fourth-order valence-electron chi connectivity index (χ4n) is 0.962. The zero-order valence-electron chi connectivity index (χ0n) is 6.74. The van der Waals surface area contributed by atoms with Crippen molar-refractivity contribution in [2.24, 2.45) is 0 Å². The van der Waals surface area contributed by atoms with E-state index in [-0.39, 0.29) is 5.92 Å². The molecule has 1 aromatic carbocycles. The van der Waals surface area contributed by atoms with E-state index >= 15 is 0 Å². The van der Waals surface area contributed by atoms with E-state index < -0.39 is 6.29 Å². The van der Waals surface area contributed by atoms with E-state index in [0.717, 1.165) is 10.0 Å². The van der Waals surface area contributed by atoms with Crippen LogP contribution in [-0.4, -0.2) is 16.5 Å². The summed E-state index contributed by atoms with van der Waals surface area (Å²) in [7, 11) is 0. The van der Waals surface area contributed by atoms with E-state index in [1.165, 1.54) is 0 Å². The Labute approximate surface area is 80.0 Å². The lowest BCUT2D eigenvalue weighted by Gasteiger charge is -2.13. The molecule has 0 unspecified atom stereocenters. The average molecular weight is 231 g/mol. The van der Waals surface area contributed by atoms with Crippen LogP contribution in [0.1, 0.15) is 18.4 Å². The molecule has 0 spiro atoms. The summed E-state index contributed by atoms with van der Waals surface area (Å²) in [5.41, 5.74) is 0.916. The van der Waals surface area contributed by atoms with Crippen molar-refractivity contribution in [3.05, 3.63) is 34.3 Å². The van der Waals surface area contributed by atoms with E-state index in [4.69, 9.17) is 10.2 Å². The molecule has 0 aliphatic heterocycles. The van der Waals surface area contributed by atoms with Gasteiger partial charge in [-0.15, -0.1) is 0 Å². The summed E-state index contributed by atoms with van der Waals surface area (Å²) in [5.74, 6) is -0.248. The molecule has 0 heterocycles. The van der Waals surface area contributed by atoms with Crippen molar-refractivity contribution in [2.75, 3.05) is 0 Å². The third kappa shape index (κ3) is 2.30. The fraction of sp³-hybridized carbons (Fsp3) is 0.333. The van der Waals surface area contributed by atoms with Gasteiger partial charge in [0.1, 0.15) is 0 Å². The monoisotopic (exact) mass is 230 g/mol. The van der Waals surface area contributed by atoms with Crippen LogP contribution in [0.4, 0.5) is 0 Å². The molecule has 3 heteroatoms. The molecule has 1 atom stereocenters. The predicted molar refractivity (Wildman–Crippen MR) is 50.8 cm³/mol. The summed E-state index contributed by atoms with van der Waals surface area (Å²) in [5, 5.41) is 17.8. The zero-order valence-corrected chi connectivity index (χ0v) is 8.32. The maximum Gasteiger partial charge on any atom is 0.158 e. The van der Waals surface area contributed by atoms with Crippen LogP contribution in [0.2, 0.25) is 0 Å². The molecule has 0 aliphatic rings. The Hall–Kier alpha value is -0.380. The van der Waals surface area contributed by atoms with Crippen LogP contribution in [0.3, 0.4) is 0 Å². The third-order valence-electron chi connectivity index (χ3n) is 1.82. The van der Waals surface area contributed by atoms with Crippen LogP contribution >= 0.6 is 15.9 Å². The van der Waals surface area contributed by atoms with Gasteiger partial charge in [-0.1, -0.05) is 35.0 Å². The molecular formula is C9H11BrO2. The second-order valence-corrected chi connectivity index (χ2v) is 3.67. The molecule has 0 saturated carbocycles. The van der Waals surface area contributed by atoms with Crippen LogP contribution < -0.4 is 0 Å². The Morgan fingerprint density at radius 3 is 2.50 bits per heavy atom. The van der Waals surface area contributed by atoms with E-state index in [9.17, 15) is 0 Å². The highest BCUT2D eigenvalue weighted by Crippen LogP contribution is 2.21. The molecule has 0 amide bonds. The quantitative estimate of drug-likeness (QED) is 0.762. The minimum atomic E-state index is -1.29. The lowest BCUT2D eigenvalue weighted by molar-refractivity contribution is -0.0561. The summed E-state index contributed by atoms with van der Waals surface area (Å²) in [6.07, 6.45) is -1.29. The van der Waals surface area contributed by atoms with Gasteiger partial charge in [-0.3, -0.25) is 0 Å². The molecule has 0 saturated heterocycles. The summed E-state index contributed by atoms with van der Waals surface area (Å²) in [6, 6.07) is 7.53. The molecule has 1 rings (SSSR count). The Kier molecular flexibility index (Phi) is 3.26. The van der Waals surface area contributed by atoms with Crippen LogP contribution in [0.25, 0.3) is 0 Å². The predicted octanol–water partition coefficient (Wildman–Crippen LogP) is 1.86. The van der Waals surface area contributed by atoms with Crippen molar-refractivity contribution >= 4 is 15.9 Å². The Balaban J connectivity index is 2.88. The van der Waals surface area contributed by atoms with E-state index in [1.807, 2.05) is 24.3 Å². The van der Waals surface area contributed by atoms with Crippen molar-refractivity contribution in [2.45, 2.75) is 19.1 Å². The maximum atomic E-state index is 8.91. The van der Waals surface area contributed by atoms with Crippen molar-refractivity contribution in [1.82, 2.24) is 0 Å². The molecule has 2 nitrogen and oxygen atoms in total. The molecule has 2 N–H and O–H groups in total. The van der Waals surface area contributed by atoms with E-state index in [1.54, 1.807) is 6.92 Å². The lowest BCUT2D eigenvalue weighted by Crippen LogP contribution is -2.14. The number of hydrogen-bond donors (Lipinski definition) is 2. The molecule has 66 valence electrons. The summed E-state index contributed by atoms with van der Waals surface area (Å²) < 4.78 is 0.951. The van der Waals surface area contributed by atoms with Crippen molar-refractivity contribution in [1.29, 1.82) is 0 Å². The van der Waals surface area contributed by atoms with Gasteiger partial charge in [0.05, 0.1) is 0 Å². The highest BCUT2D eigenvalue weighted by molar-refractivity contribution is 9.10. The first kappa shape index (κ1) is 9.71. The second-order valence-electron chi connectivity index (χ2n) is 2.76. The van der Waals surface area contributed by atoms with Crippen LogP contribution in [0.5, 0.6) is 0 Å². The van der Waals surface area contributed by atoms with E-state index in [0.29, 0.717) is 0 Å². The molecule has 0 fully saturated rings. The van der Waals surface area contributed by atoms with Gasteiger partial charge in [-0.25, -0.2) is 0 Å². The highest BCUT2D eigenvalue weighted by Gasteiger charge is 2.12. The minimum Gasteiger partial charge on any atom is -0.368 e. The summed E-state index contributed by atoms with van der Waals surface area (Å²) >= 11 is 3.32. The third-order valence-corrected chi connectivity index (χ3v) is 2.31. The van der Waals surface area contributed by atoms with E-state index in [2.05, 4.69) is 15.9 Å². The van der Waals surface area contributed by atoms with Crippen LogP contribution in [0, 0.1) is 0 Å². The van der Waals surface area contributed by atoms with Gasteiger partial charge in [0.2, 0.25) is 0 Å². The average Bonchev–Trinajstić information content (AvgIpc) is 2.03. The molecular weight excluding hydrogens is 220 g/mol. The number of hydrogen-bond acceptors (Lipinski definition) is 2. The first-order valence-electron chi connectivity index (χ1n) is 3.73. The fourth-order valence-corrected chi connectivity index (χ4v) is 1.38. The van der Waals surface area contributed by atoms with Gasteiger partial charge in [0.15, 0.2) is 6.29 Å². The number of benzene rings is 1. The van der Waals surface area contributed by atoms with Gasteiger partial charge in [-0.05, 0) is 17.7 Å². The number of rotatable bonds is 2. The van der Waals surface area contributed by atoms with Crippen LogP contribution in [0.15, 0.2) is 28.7 Å². The van der Waals surface area contributed by atoms with Crippen molar-refractivity contribution < 1.29 is 10.2 Å². The molecule has 12 heavy (non-hydrogen) atoms. The first-order valence-corrected chi connectivity index (χ1v) is 4.52. The van der Waals surface area contributed by atoms with Gasteiger partial charge in [0.25, 0.3) is 0 Å². The second kappa shape index (κ2) is 4.03. The van der Waals surface area contributed by atoms with Gasteiger partial charge in [-0.2, -0.15) is 0 Å². The topological polar surface area (TPSA) is 40.5 Å². The number of aliphatic hydroxyl groups is 2. The van der Waals surface area contributed by atoms with Crippen LogP contribution in [-0.2, 0) is 0 Å². The largest absolute Gasteiger partial charge is 0.368 e. The van der Waals surface area contributed by atoms with Crippen molar-refractivity contribution in [3.8, 4) is 0 Å². The standard InChI is InChI=1S/C9H11BrO2/c1-6(9(11)12)7-3-2-4-8(10)5-7/h2-6,9,11-12H,1H3/t6-/m1/s1. The highest BCUT2D eigenvalue weighted by atomic mass is 79.9. The zero-order chi connectivity index (χ0) is 9.14. The van der Waals surface area contributed by atoms with Crippen molar-refractivity contribution in [3.63, 3.8) is 0 Å². The SMILES string of the molecule is C[C@H](c1cccc(Br)c1)C(O)O. The molecule has 0 bridgehead atoms. The molecule has 0 aliphatic carbocycles. The Morgan fingerprint density at radius 1 is 1.33 bits per heavy atom. The Morgan fingerprint density at radius 2 is 2.00 bits per heavy atom. The first-order chi connectivity index (χ1) is 5.61. The minimum absolute atomic E-state index is 0.248. The maximum absolute atomic E-state index is 8.91. The normalized spacial score (nSPS) is 13.4. The van der Waals surface area contributed by atoms with Gasteiger partial charge >= 0.3 is 0 Å². The number of halogens is 1. The Bertz CT molecular complexity index is 260. The lowest BCUT2D eigenvalue weighted by atomic mass is 10.0. The smallest absolute Gasteiger partial charge is 0.158 e. The summed E-state index contributed by atoms with van der Waals surface area (Å²) in [4.78, 5) is 0. The van der Waals surface area contributed by atoms with Gasteiger partial charge in [0, 0.05) is 10.4 Å². The molecule has 1 aromatic rings. The molecule has 0 aromatic heterocycles. The molecule has 0 radical (unpaired) electrons. The summed E-state index contributed by atoms with van der Waals surface area (Å²) in [6.45, 7) is 1.77. The number of aliphatic hydroxyl groups excluding tert-OH is 1.